The van der Waals surface area contributed by atoms with Crippen LogP contribution in [0.3, 0.4) is 0 Å². The van der Waals surface area contributed by atoms with Crippen molar-refractivity contribution >= 4 is 17.7 Å². The molecule has 0 amide bonds. The number of hydrogen-bond acceptors (Lipinski definition) is 5. The van der Waals surface area contributed by atoms with Crippen LogP contribution in [0.25, 0.3) is 0 Å². The van der Waals surface area contributed by atoms with E-state index in [0.717, 1.165) is 0 Å². The molecular weight excluding hydrogens is 260 g/mol. The third-order valence-corrected chi connectivity index (χ3v) is 3.57. The molecule has 0 fully saturated rings. The lowest BCUT2D eigenvalue weighted by atomic mass is 9.73. The van der Waals surface area contributed by atoms with Crippen molar-refractivity contribution < 1.29 is 24.6 Å². The Bertz CT molecular complexity index is 492. The topological polar surface area (TPSA) is 97.3 Å². The van der Waals surface area contributed by atoms with Crippen LogP contribution in [0.15, 0.2) is 30.3 Å². The molecule has 0 N–H and O–H groups in total. The molecule has 20 heavy (non-hydrogen) atoms. The van der Waals surface area contributed by atoms with Gasteiger partial charge in [0.1, 0.15) is 5.41 Å². The van der Waals surface area contributed by atoms with Crippen LogP contribution >= 0.6 is 0 Å². The van der Waals surface area contributed by atoms with E-state index in [-0.39, 0.29) is 0 Å². The Morgan fingerprint density at radius 3 is 1.90 bits per heavy atom. The third-order valence-electron chi connectivity index (χ3n) is 3.57. The van der Waals surface area contributed by atoms with Gasteiger partial charge in [0.05, 0.1) is 11.9 Å². The summed E-state index contributed by atoms with van der Waals surface area (Å²) in [5, 5.41) is 22.5. The molecule has 0 saturated heterocycles. The average molecular weight is 276 g/mol. The highest BCUT2D eigenvalue weighted by molar-refractivity contribution is 6.19. The Morgan fingerprint density at radius 1 is 1.05 bits per heavy atom. The number of Topliss-reactive ketones (excluding diaryl/α,β-unsaturated/α-hetero) is 1. The molecule has 0 bridgehead atoms. The van der Waals surface area contributed by atoms with E-state index in [4.69, 9.17) is 0 Å². The Hall–Kier alpha value is -2.17. The summed E-state index contributed by atoms with van der Waals surface area (Å²) >= 11 is 0. The van der Waals surface area contributed by atoms with Crippen molar-refractivity contribution in [3.63, 3.8) is 0 Å². The van der Waals surface area contributed by atoms with Gasteiger partial charge in [0, 0.05) is 5.92 Å². The molecule has 0 heterocycles. The minimum atomic E-state index is -2.60. The Morgan fingerprint density at radius 2 is 1.55 bits per heavy atom. The van der Waals surface area contributed by atoms with Crippen molar-refractivity contribution in [2.45, 2.75) is 32.6 Å². The van der Waals surface area contributed by atoms with Gasteiger partial charge in [-0.25, -0.2) is 0 Å². The van der Waals surface area contributed by atoms with Gasteiger partial charge in [-0.15, -0.1) is 0 Å². The quantitative estimate of drug-likeness (QED) is 0.634. The monoisotopic (exact) mass is 276 g/mol. The van der Waals surface area contributed by atoms with Crippen LogP contribution in [0, 0.1) is 5.41 Å². The summed E-state index contributed by atoms with van der Waals surface area (Å²) in [4.78, 5) is 34.9. The zero-order chi connectivity index (χ0) is 15.3. The second-order valence-electron chi connectivity index (χ2n) is 4.57. The van der Waals surface area contributed by atoms with Crippen LogP contribution in [-0.2, 0) is 14.4 Å². The Kier molecular flexibility index (Phi) is 5.02. The van der Waals surface area contributed by atoms with E-state index >= 15 is 0 Å². The standard InChI is InChI=1S/C15H18O5/c1-3-11(10-8-6-5-7-9-10)12(16)15(4-2,13(17)18)14(19)20/h5-9,11H,3-4H2,1-2H3,(H,17,18)(H,19,20)/p-2. The van der Waals surface area contributed by atoms with E-state index in [2.05, 4.69) is 0 Å². The molecule has 0 aliphatic rings. The van der Waals surface area contributed by atoms with E-state index in [9.17, 15) is 24.6 Å². The molecule has 0 saturated carbocycles. The van der Waals surface area contributed by atoms with Crippen molar-refractivity contribution in [1.82, 2.24) is 0 Å². The number of benzene rings is 1. The fourth-order valence-electron chi connectivity index (χ4n) is 2.30. The highest BCUT2D eigenvalue weighted by Crippen LogP contribution is 2.32. The molecule has 0 aliphatic carbocycles. The molecule has 0 spiro atoms. The molecular formula is C15H16O5-2. The molecule has 1 rings (SSSR count). The van der Waals surface area contributed by atoms with E-state index in [0.29, 0.717) is 12.0 Å². The van der Waals surface area contributed by atoms with Crippen LogP contribution in [0.1, 0.15) is 38.2 Å². The van der Waals surface area contributed by atoms with Gasteiger partial charge < -0.3 is 19.8 Å². The van der Waals surface area contributed by atoms with E-state index < -0.39 is 35.5 Å². The van der Waals surface area contributed by atoms with Crippen LogP contribution in [-0.4, -0.2) is 17.7 Å². The fourth-order valence-corrected chi connectivity index (χ4v) is 2.30. The van der Waals surface area contributed by atoms with Gasteiger partial charge in [0.2, 0.25) is 0 Å². The number of aliphatic carboxylic acids is 2. The number of rotatable bonds is 7. The largest absolute Gasteiger partial charge is 0.549 e. The smallest absolute Gasteiger partial charge is 0.157 e. The second-order valence-corrected chi connectivity index (χ2v) is 4.57. The zero-order valence-electron chi connectivity index (χ0n) is 11.4. The van der Waals surface area contributed by atoms with Crippen LogP contribution in [0.4, 0.5) is 0 Å². The molecule has 0 aliphatic heterocycles. The van der Waals surface area contributed by atoms with E-state index in [1.165, 1.54) is 6.92 Å². The van der Waals surface area contributed by atoms with Crippen molar-refractivity contribution in [3.8, 4) is 0 Å². The van der Waals surface area contributed by atoms with Gasteiger partial charge in [0.15, 0.2) is 5.78 Å². The van der Waals surface area contributed by atoms with Gasteiger partial charge >= 0.3 is 0 Å². The summed E-state index contributed by atoms with van der Waals surface area (Å²) < 4.78 is 0. The first-order valence-corrected chi connectivity index (χ1v) is 6.43. The maximum Gasteiger partial charge on any atom is 0.157 e. The minimum Gasteiger partial charge on any atom is -0.549 e. The van der Waals surface area contributed by atoms with Crippen LogP contribution < -0.4 is 10.2 Å². The molecule has 0 radical (unpaired) electrons. The van der Waals surface area contributed by atoms with Crippen LogP contribution in [0.5, 0.6) is 0 Å². The maximum absolute atomic E-state index is 12.5. The lowest BCUT2D eigenvalue weighted by Gasteiger charge is -2.36. The summed E-state index contributed by atoms with van der Waals surface area (Å²) in [5.41, 5.74) is -2.02. The molecule has 5 heteroatoms. The zero-order valence-corrected chi connectivity index (χ0v) is 11.4. The number of carbonyl (C=O) groups is 3. The van der Waals surface area contributed by atoms with Crippen molar-refractivity contribution in [2.75, 3.05) is 0 Å². The Balaban J connectivity index is 3.30. The molecule has 1 aromatic rings. The molecule has 1 atom stereocenters. The molecule has 5 nitrogen and oxygen atoms in total. The van der Waals surface area contributed by atoms with Crippen molar-refractivity contribution in [3.05, 3.63) is 35.9 Å². The summed E-state index contributed by atoms with van der Waals surface area (Å²) in [7, 11) is 0. The van der Waals surface area contributed by atoms with Crippen molar-refractivity contribution in [2.24, 2.45) is 5.41 Å². The maximum atomic E-state index is 12.5. The lowest BCUT2D eigenvalue weighted by molar-refractivity contribution is -0.339. The van der Waals surface area contributed by atoms with Gasteiger partial charge in [-0.2, -0.15) is 0 Å². The normalized spacial score (nSPS) is 12.7. The number of carbonyl (C=O) groups excluding carboxylic acids is 3. The molecule has 0 aromatic heterocycles. The summed E-state index contributed by atoms with van der Waals surface area (Å²) in [5.74, 6) is -5.54. The third kappa shape index (κ3) is 2.57. The highest BCUT2D eigenvalue weighted by atomic mass is 16.4. The number of ketones is 1. The predicted octanol–water partition coefficient (Wildman–Crippen LogP) is -0.354. The average Bonchev–Trinajstić information content (AvgIpc) is 2.41. The highest BCUT2D eigenvalue weighted by Gasteiger charge is 2.43. The summed E-state index contributed by atoms with van der Waals surface area (Å²) in [6.07, 6.45) is -0.106. The van der Waals surface area contributed by atoms with E-state index in [1.807, 2.05) is 0 Å². The fraction of sp³-hybridized carbons (Fsp3) is 0.400. The molecule has 108 valence electrons. The lowest BCUT2D eigenvalue weighted by Crippen LogP contribution is -2.59. The predicted molar refractivity (Wildman–Crippen MR) is 67.2 cm³/mol. The Labute approximate surface area is 117 Å². The van der Waals surface area contributed by atoms with Gasteiger partial charge in [-0.05, 0) is 18.4 Å². The second kappa shape index (κ2) is 6.32. The SMILES string of the molecule is CCC(C(=O)C(CC)(C(=O)[O-])C(=O)[O-])c1ccccc1. The minimum absolute atomic E-state index is 0.297. The van der Waals surface area contributed by atoms with E-state index in [1.54, 1.807) is 37.3 Å². The summed E-state index contributed by atoms with van der Waals surface area (Å²) in [6.45, 7) is 3.02. The van der Waals surface area contributed by atoms with Crippen LogP contribution in [0.2, 0.25) is 0 Å². The first-order chi connectivity index (χ1) is 9.41. The molecule has 1 aromatic carbocycles. The molecule has 1 unspecified atom stereocenters. The first-order valence-electron chi connectivity index (χ1n) is 6.43. The van der Waals surface area contributed by atoms with Crippen molar-refractivity contribution in [1.29, 1.82) is 0 Å². The number of carboxylic acid groups (broad SMARTS) is 2. The first kappa shape index (κ1) is 15.9. The van der Waals surface area contributed by atoms with Gasteiger partial charge in [0.25, 0.3) is 0 Å². The van der Waals surface area contributed by atoms with Gasteiger partial charge in [-0.3, -0.25) is 4.79 Å². The number of hydrogen-bond donors (Lipinski definition) is 0. The summed E-state index contributed by atoms with van der Waals surface area (Å²) in [6, 6.07) is 8.49. The van der Waals surface area contributed by atoms with Gasteiger partial charge in [-0.1, -0.05) is 44.2 Å². The number of carboxylic acids is 2.